The first kappa shape index (κ1) is 40.1. The smallest absolute Gasteiger partial charge is 0.307 e. The lowest BCUT2D eigenvalue weighted by Crippen LogP contribution is -2.68. The van der Waals surface area contributed by atoms with Gasteiger partial charge in [0.1, 0.15) is 0 Å². The normalized spacial score (nSPS) is 13.4. The molecule has 0 amide bonds. The van der Waals surface area contributed by atoms with E-state index in [1.54, 1.807) is 12.2 Å². The van der Waals surface area contributed by atoms with E-state index in [1.807, 2.05) is 12.1 Å². The summed E-state index contributed by atoms with van der Waals surface area (Å²) >= 11 is 0. The fourth-order valence-corrected chi connectivity index (χ4v) is 16.2. The molecule has 0 aromatic heterocycles. The molecule has 0 aliphatic carbocycles. The van der Waals surface area contributed by atoms with Crippen LogP contribution in [0.5, 0.6) is 0 Å². The summed E-state index contributed by atoms with van der Waals surface area (Å²) in [7, 11) is -5.51. The average molecular weight is 725 g/mol. The standard InChI is InChI=1S/C43H56O6Si2/c1-42(2,3)50(37-22-11-7-12-23-37,38-24-13-8-14-25-38)48-33-21-32-47-35-36(34-46-31-20-19-30-41(44)45)49-51(43(4,5)6,39-26-15-9-16-27-39)40-28-17-10-18-29-40/h7-20,22-29,36H,21,30-35H2,1-6H3,(H,44,45)/b20-19-. The molecule has 1 atom stereocenters. The SMILES string of the molecule is CC(C)(C)[Si](OCCCOCC(COC/C=C\CC(=O)O)O[Si](c1ccccc1)(c1ccccc1)C(C)(C)C)(c1ccccc1)c1ccccc1. The van der Waals surface area contributed by atoms with E-state index in [-0.39, 0.29) is 22.6 Å². The molecule has 0 radical (unpaired) electrons. The maximum Gasteiger partial charge on any atom is 0.307 e. The summed E-state index contributed by atoms with van der Waals surface area (Å²) in [5, 5.41) is 13.6. The van der Waals surface area contributed by atoms with Gasteiger partial charge in [-0.1, -0.05) is 175 Å². The molecular weight excluding hydrogens is 669 g/mol. The van der Waals surface area contributed by atoms with E-state index in [9.17, 15) is 4.79 Å². The highest BCUT2D eigenvalue weighted by Gasteiger charge is 2.52. The van der Waals surface area contributed by atoms with Crippen molar-refractivity contribution in [1.29, 1.82) is 0 Å². The third kappa shape index (κ3) is 10.2. The molecule has 1 N–H and O–H groups in total. The highest BCUT2D eigenvalue weighted by atomic mass is 28.4. The summed E-state index contributed by atoms with van der Waals surface area (Å²) in [6.45, 7) is 15.7. The van der Waals surface area contributed by atoms with Crippen molar-refractivity contribution in [1.82, 2.24) is 0 Å². The minimum Gasteiger partial charge on any atom is -0.481 e. The van der Waals surface area contributed by atoms with Gasteiger partial charge in [0.25, 0.3) is 16.6 Å². The highest BCUT2D eigenvalue weighted by molar-refractivity contribution is 7.00. The van der Waals surface area contributed by atoms with E-state index in [4.69, 9.17) is 23.4 Å². The molecular formula is C43H56O6Si2. The van der Waals surface area contributed by atoms with Crippen molar-refractivity contribution in [2.45, 2.75) is 70.6 Å². The Morgan fingerprint density at radius 1 is 0.608 bits per heavy atom. The second-order valence-electron chi connectivity index (χ2n) is 14.9. The largest absolute Gasteiger partial charge is 0.481 e. The summed E-state index contributed by atoms with van der Waals surface area (Å²) < 4.78 is 27.0. The minimum atomic E-state index is -2.87. The number of carboxylic acid groups (broad SMARTS) is 1. The zero-order valence-corrected chi connectivity index (χ0v) is 33.2. The summed E-state index contributed by atoms with van der Waals surface area (Å²) in [6, 6.07) is 42.5. The van der Waals surface area contributed by atoms with Gasteiger partial charge in [0.2, 0.25) is 0 Å². The molecule has 0 fully saturated rings. The van der Waals surface area contributed by atoms with Crippen molar-refractivity contribution in [3.63, 3.8) is 0 Å². The fourth-order valence-electron chi connectivity index (χ4n) is 6.94. The maximum absolute atomic E-state index is 11.0. The van der Waals surface area contributed by atoms with Gasteiger partial charge in [0.05, 0.1) is 32.3 Å². The monoisotopic (exact) mass is 724 g/mol. The van der Waals surface area contributed by atoms with E-state index < -0.39 is 22.6 Å². The summed E-state index contributed by atoms with van der Waals surface area (Å²) in [6.07, 6.45) is 3.70. The van der Waals surface area contributed by atoms with Gasteiger partial charge >= 0.3 is 5.97 Å². The van der Waals surface area contributed by atoms with Gasteiger partial charge in [-0.15, -0.1) is 0 Å². The molecule has 0 saturated carbocycles. The molecule has 6 nitrogen and oxygen atoms in total. The van der Waals surface area contributed by atoms with Crippen molar-refractivity contribution in [3.05, 3.63) is 133 Å². The number of hydrogen-bond donors (Lipinski definition) is 1. The third-order valence-electron chi connectivity index (χ3n) is 9.21. The van der Waals surface area contributed by atoms with E-state index in [0.717, 1.165) is 6.42 Å². The molecule has 1 unspecified atom stereocenters. The molecule has 0 aliphatic rings. The van der Waals surface area contributed by atoms with Crippen molar-refractivity contribution < 1.29 is 28.2 Å². The van der Waals surface area contributed by atoms with Crippen LogP contribution in [0, 0.1) is 0 Å². The lowest BCUT2D eigenvalue weighted by molar-refractivity contribution is -0.136. The number of carboxylic acids is 1. The van der Waals surface area contributed by atoms with E-state index in [1.165, 1.54) is 20.7 Å². The predicted molar refractivity (Wildman–Crippen MR) is 214 cm³/mol. The molecule has 272 valence electrons. The third-order valence-corrected chi connectivity index (χ3v) is 19.3. The Hall–Kier alpha value is -3.64. The molecule has 0 saturated heterocycles. The lowest BCUT2D eigenvalue weighted by atomic mass is 10.2. The van der Waals surface area contributed by atoms with Crippen molar-refractivity contribution in [2.24, 2.45) is 0 Å². The molecule has 8 heteroatoms. The van der Waals surface area contributed by atoms with E-state index >= 15 is 0 Å². The minimum absolute atomic E-state index is 0.0373. The molecule has 0 bridgehead atoms. The summed E-state index contributed by atoms with van der Waals surface area (Å²) in [4.78, 5) is 11.0. The van der Waals surface area contributed by atoms with Crippen LogP contribution in [0.2, 0.25) is 10.1 Å². The zero-order chi connectivity index (χ0) is 36.8. The van der Waals surface area contributed by atoms with Crippen LogP contribution in [0.15, 0.2) is 133 Å². The van der Waals surface area contributed by atoms with Gasteiger partial charge in [0, 0.05) is 13.2 Å². The van der Waals surface area contributed by atoms with E-state index in [2.05, 4.69) is 151 Å². The zero-order valence-electron chi connectivity index (χ0n) is 31.2. The van der Waals surface area contributed by atoms with E-state index in [0.29, 0.717) is 33.0 Å². The topological polar surface area (TPSA) is 74.2 Å². The average Bonchev–Trinajstić information content (AvgIpc) is 3.11. The van der Waals surface area contributed by atoms with Crippen LogP contribution in [0.3, 0.4) is 0 Å². The molecule has 51 heavy (non-hydrogen) atoms. The fraction of sp³-hybridized carbons (Fsp3) is 0.372. The van der Waals surface area contributed by atoms with Gasteiger partial charge in [-0.3, -0.25) is 4.79 Å². The van der Waals surface area contributed by atoms with Crippen molar-refractivity contribution >= 4 is 43.4 Å². The molecule has 4 aromatic rings. The molecule has 4 aromatic carbocycles. The Kier molecular flexibility index (Phi) is 14.7. The second kappa shape index (κ2) is 18.7. The maximum atomic E-state index is 11.0. The van der Waals surface area contributed by atoms with Crippen LogP contribution >= 0.6 is 0 Å². The number of ether oxygens (including phenoxy) is 2. The number of carbonyl (C=O) groups is 1. The first-order valence-corrected chi connectivity index (χ1v) is 21.8. The molecule has 4 rings (SSSR count). The number of rotatable bonds is 19. The van der Waals surface area contributed by atoms with Crippen LogP contribution in [-0.2, 0) is 23.1 Å². The molecule has 0 spiro atoms. The van der Waals surface area contributed by atoms with Gasteiger partial charge in [-0.25, -0.2) is 0 Å². The van der Waals surface area contributed by atoms with Crippen LogP contribution in [0.4, 0.5) is 0 Å². The summed E-state index contributed by atoms with van der Waals surface area (Å²) in [5.41, 5.74) is 0. The number of benzene rings is 4. The quantitative estimate of drug-likeness (QED) is 0.0641. The van der Waals surface area contributed by atoms with Gasteiger partial charge < -0.3 is 23.4 Å². The van der Waals surface area contributed by atoms with Gasteiger partial charge in [0.15, 0.2) is 0 Å². The van der Waals surface area contributed by atoms with Crippen molar-refractivity contribution in [2.75, 3.05) is 33.0 Å². The van der Waals surface area contributed by atoms with Crippen LogP contribution in [-0.4, -0.2) is 66.8 Å². The Morgan fingerprint density at radius 3 is 1.43 bits per heavy atom. The number of aliphatic carboxylic acids is 1. The first-order chi connectivity index (χ1) is 24.4. The molecule has 0 heterocycles. The van der Waals surface area contributed by atoms with Crippen molar-refractivity contribution in [3.8, 4) is 0 Å². The predicted octanol–water partition coefficient (Wildman–Crippen LogP) is 6.96. The van der Waals surface area contributed by atoms with Gasteiger partial charge in [-0.05, 0) is 37.2 Å². The molecule has 0 aliphatic heterocycles. The highest BCUT2D eigenvalue weighted by Crippen LogP contribution is 2.38. The van der Waals surface area contributed by atoms with Crippen LogP contribution in [0.1, 0.15) is 54.4 Å². The van der Waals surface area contributed by atoms with Crippen LogP contribution in [0.25, 0.3) is 0 Å². The Morgan fingerprint density at radius 2 is 1.02 bits per heavy atom. The lowest BCUT2D eigenvalue weighted by Gasteiger charge is -2.45. The Bertz CT molecular complexity index is 1540. The Balaban J connectivity index is 1.53. The summed E-state index contributed by atoms with van der Waals surface area (Å²) in [5.74, 6) is -0.869. The Labute approximate surface area is 307 Å². The number of hydrogen-bond acceptors (Lipinski definition) is 5. The first-order valence-electron chi connectivity index (χ1n) is 18.0. The second-order valence-corrected chi connectivity index (χ2v) is 23.5. The van der Waals surface area contributed by atoms with Crippen LogP contribution < -0.4 is 20.7 Å². The van der Waals surface area contributed by atoms with Gasteiger partial charge in [-0.2, -0.15) is 0 Å².